The number of para-hydroxylation sites is 2. The van der Waals surface area contributed by atoms with Gasteiger partial charge in [0.05, 0.1) is 16.6 Å². The Morgan fingerprint density at radius 3 is 2.56 bits per heavy atom. The van der Waals surface area contributed by atoms with Crippen molar-refractivity contribution in [3.05, 3.63) is 77.1 Å². The molecule has 0 fully saturated rings. The molecule has 0 unspecified atom stereocenters. The van der Waals surface area contributed by atoms with E-state index >= 15 is 0 Å². The second-order valence-electron chi connectivity index (χ2n) is 5.86. The first-order valence-corrected chi connectivity index (χ1v) is 8.87. The van der Waals surface area contributed by atoms with Crippen LogP contribution in [0.1, 0.15) is 6.92 Å². The molecule has 0 radical (unpaired) electrons. The predicted molar refractivity (Wildman–Crippen MR) is 102 cm³/mol. The van der Waals surface area contributed by atoms with Crippen molar-refractivity contribution < 1.29 is 0 Å². The van der Waals surface area contributed by atoms with Crippen molar-refractivity contribution >= 4 is 28.4 Å². The average molecular weight is 348 g/mol. The van der Waals surface area contributed by atoms with Crippen LogP contribution in [0.4, 0.5) is 0 Å². The van der Waals surface area contributed by atoms with Crippen molar-refractivity contribution in [2.24, 2.45) is 0 Å². The van der Waals surface area contributed by atoms with Gasteiger partial charge < -0.3 is 0 Å². The first-order valence-electron chi connectivity index (χ1n) is 7.88. The molecule has 0 aliphatic carbocycles. The van der Waals surface area contributed by atoms with E-state index in [1.165, 1.54) is 0 Å². The number of aromatic nitrogens is 4. The Bertz CT molecular complexity index is 1140. The van der Waals surface area contributed by atoms with Crippen LogP contribution in [0, 0.1) is 0 Å². The van der Waals surface area contributed by atoms with Gasteiger partial charge in [0.2, 0.25) is 5.78 Å². The molecule has 0 spiro atoms. The highest BCUT2D eigenvalue weighted by molar-refractivity contribution is 7.99. The molecule has 0 aliphatic heterocycles. The summed E-state index contributed by atoms with van der Waals surface area (Å²) in [5.41, 5.74) is 2.54. The van der Waals surface area contributed by atoms with Crippen LogP contribution in [-0.2, 0) is 0 Å². The Balaban J connectivity index is 2.10. The van der Waals surface area contributed by atoms with Crippen molar-refractivity contribution in [3.63, 3.8) is 0 Å². The SMILES string of the molecule is C=C(C)CSc1nnc2n(-c3ccccc3)c(=O)c3ccccc3n12. The Morgan fingerprint density at radius 2 is 1.80 bits per heavy atom. The van der Waals surface area contributed by atoms with Crippen LogP contribution in [0.2, 0.25) is 0 Å². The first kappa shape index (κ1) is 15.7. The Morgan fingerprint density at radius 1 is 1.08 bits per heavy atom. The summed E-state index contributed by atoms with van der Waals surface area (Å²) in [6, 6.07) is 17.1. The lowest BCUT2D eigenvalue weighted by Gasteiger charge is -2.11. The summed E-state index contributed by atoms with van der Waals surface area (Å²) in [6.07, 6.45) is 0. The highest BCUT2D eigenvalue weighted by Gasteiger charge is 2.17. The molecule has 6 heteroatoms. The standard InChI is InChI=1S/C19H16N4OS/c1-13(2)12-25-19-21-20-18-22(14-8-4-3-5-9-14)17(24)15-10-6-7-11-16(15)23(18)19/h3-11H,1,12H2,2H3. The van der Waals surface area contributed by atoms with Gasteiger partial charge >= 0.3 is 0 Å². The van der Waals surface area contributed by atoms with Crippen molar-refractivity contribution in [2.45, 2.75) is 12.1 Å². The van der Waals surface area contributed by atoms with Crippen molar-refractivity contribution in [2.75, 3.05) is 5.75 Å². The number of rotatable bonds is 4. The molecule has 0 saturated heterocycles. The summed E-state index contributed by atoms with van der Waals surface area (Å²) in [7, 11) is 0. The maximum atomic E-state index is 13.1. The maximum Gasteiger partial charge on any atom is 0.267 e. The number of thioether (sulfide) groups is 1. The van der Waals surface area contributed by atoms with E-state index in [0.717, 1.165) is 27.7 Å². The molecular weight excluding hydrogens is 332 g/mol. The molecule has 2 heterocycles. The Kier molecular flexibility index (Phi) is 3.89. The first-order chi connectivity index (χ1) is 12.2. The third-order valence-electron chi connectivity index (χ3n) is 3.86. The molecule has 2 aromatic heterocycles. The monoisotopic (exact) mass is 348 g/mol. The zero-order chi connectivity index (χ0) is 17.4. The molecule has 0 bridgehead atoms. The molecule has 2 aromatic carbocycles. The number of hydrogen-bond donors (Lipinski definition) is 0. The number of fused-ring (bicyclic) bond motifs is 3. The Hall–Kier alpha value is -2.86. The summed E-state index contributed by atoms with van der Waals surface area (Å²) in [5.74, 6) is 1.26. The van der Waals surface area contributed by atoms with Crippen molar-refractivity contribution in [3.8, 4) is 5.69 Å². The smallest absolute Gasteiger partial charge is 0.267 e. The third-order valence-corrected chi connectivity index (χ3v) is 5.02. The number of hydrogen-bond acceptors (Lipinski definition) is 4. The van der Waals surface area contributed by atoms with E-state index in [9.17, 15) is 4.79 Å². The van der Waals surface area contributed by atoms with E-state index in [0.29, 0.717) is 11.2 Å². The molecule has 4 rings (SSSR count). The predicted octanol–water partition coefficient (Wildman–Crippen LogP) is 3.70. The summed E-state index contributed by atoms with van der Waals surface area (Å²) in [4.78, 5) is 13.1. The largest absolute Gasteiger partial charge is 0.268 e. The topological polar surface area (TPSA) is 52.2 Å². The van der Waals surface area contributed by atoms with Gasteiger partial charge in [-0.3, -0.25) is 9.20 Å². The minimum Gasteiger partial charge on any atom is -0.268 e. The van der Waals surface area contributed by atoms with E-state index in [-0.39, 0.29) is 5.56 Å². The second kappa shape index (κ2) is 6.22. The number of benzene rings is 2. The normalized spacial score (nSPS) is 11.2. The summed E-state index contributed by atoms with van der Waals surface area (Å²) in [6.45, 7) is 5.92. The summed E-state index contributed by atoms with van der Waals surface area (Å²) < 4.78 is 3.55. The van der Waals surface area contributed by atoms with Gasteiger partial charge in [-0.1, -0.05) is 54.2 Å². The van der Waals surface area contributed by atoms with E-state index in [1.807, 2.05) is 65.9 Å². The van der Waals surface area contributed by atoms with Crippen LogP contribution >= 0.6 is 11.8 Å². The highest BCUT2D eigenvalue weighted by atomic mass is 32.2. The molecule has 25 heavy (non-hydrogen) atoms. The highest BCUT2D eigenvalue weighted by Crippen LogP contribution is 2.24. The fourth-order valence-corrected chi connectivity index (χ4v) is 3.55. The zero-order valence-electron chi connectivity index (χ0n) is 13.7. The maximum absolute atomic E-state index is 13.1. The quantitative estimate of drug-likeness (QED) is 0.417. The van der Waals surface area contributed by atoms with Gasteiger partial charge in [0, 0.05) is 5.75 Å². The van der Waals surface area contributed by atoms with Gasteiger partial charge in [-0.2, -0.15) is 0 Å². The van der Waals surface area contributed by atoms with Crippen LogP contribution < -0.4 is 5.56 Å². The molecule has 124 valence electrons. The van der Waals surface area contributed by atoms with E-state index in [1.54, 1.807) is 16.3 Å². The van der Waals surface area contributed by atoms with Gasteiger partial charge in [0.1, 0.15) is 0 Å². The molecular formula is C19H16N4OS. The fraction of sp³-hybridized carbons (Fsp3) is 0.105. The minimum absolute atomic E-state index is 0.0989. The van der Waals surface area contributed by atoms with Crippen LogP contribution in [0.15, 0.2) is 76.7 Å². The lowest BCUT2D eigenvalue weighted by molar-refractivity contribution is 0.931. The van der Waals surface area contributed by atoms with Crippen LogP contribution in [-0.4, -0.2) is 24.9 Å². The Labute approximate surface area is 148 Å². The number of nitrogens with zero attached hydrogens (tertiary/aromatic N) is 4. The van der Waals surface area contributed by atoms with Crippen molar-refractivity contribution in [1.82, 2.24) is 19.2 Å². The van der Waals surface area contributed by atoms with Gasteiger partial charge in [-0.25, -0.2) is 4.57 Å². The van der Waals surface area contributed by atoms with E-state index in [2.05, 4.69) is 16.8 Å². The zero-order valence-corrected chi connectivity index (χ0v) is 14.5. The van der Waals surface area contributed by atoms with Gasteiger partial charge in [-0.05, 0) is 31.2 Å². The van der Waals surface area contributed by atoms with Gasteiger partial charge in [0.15, 0.2) is 5.16 Å². The minimum atomic E-state index is -0.0989. The van der Waals surface area contributed by atoms with E-state index in [4.69, 9.17) is 0 Å². The van der Waals surface area contributed by atoms with Gasteiger partial charge in [-0.15, -0.1) is 10.2 Å². The third kappa shape index (κ3) is 2.64. The molecule has 0 atom stereocenters. The molecule has 0 saturated carbocycles. The lowest BCUT2D eigenvalue weighted by atomic mass is 10.2. The fourth-order valence-electron chi connectivity index (χ4n) is 2.77. The van der Waals surface area contributed by atoms with E-state index < -0.39 is 0 Å². The second-order valence-corrected chi connectivity index (χ2v) is 6.80. The molecule has 0 N–H and O–H groups in total. The molecule has 0 amide bonds. The average Bonchev–Trinajstić information content (AvgIpc) is 3.05. The van der Waals surface area contributed by atoms with Gasteiger partial charge in [0.25, 0.3) is 5.56 Å². The molecule has 5 nitrogen and oxygen atoms in total. The summed E-state index contributed by atoms with van der Waals surface area (Å²) >= 11 is 1.56. The van der Waals surface area contributed by atoms with Crippen molar-refractivity contribution in [1.29, 1.82) is 0 Å². The van der Waals surface area contributed by atoms with Crippen LogP contribution in [0.5, 0.6) is 0 Å². The van der Waals surface area contributed by atoms with Crippen LogP contribution in [0.3, 0.4) is 0 Å². The summed E-state index contributed by atoms with van der Waals surface area (Å²) in [5, 5.41) is 10.0. The molecule has 4 aromatic rings. The van der Waals surface area contributed by atoms with Crippen LogP contribution in [0.25, 0.3) is 22.4 Å². The lowest BCUT2D eigenvalue weighted by Crippen LogP contribution is -2.21. The molecule has 0 aliphatic rings.